The quantitative estimate of drug-likeness (QED) is 0.569. The fourth-order valence-corrected chi connectivity index (χ4v) is 2.62. The zero-order valence-electron chi connectivity index (χ0n) is 15.6. The SMILES string of the molecule is [C-]#[N+]c1cc(F)c2nc(NC(=O)CC(C)(C)C(F)(F)F)n(C(C)(C)C)c2c1. The number of alkyl halides is 3. The Morgan fingerprint density at radius 3 is 2.30 bits per heavy atom. The molecule has 0 fully saturated rings. The van der Waals surface area contributed by atoms with Crippen molar-refractivity contribution >= 4 is 28.6 Å². The van der Waals surface area contributed by atoms with E-state index >= 15 is 0 Å². The third kappa shape index (κ3) is 4.04. The van der Waals surface area contributed by atoms with Gasteiger partial charge in [-0.15, -0.1) is 0 Å². The second kappa shape index (κ2) is 6.51. The van der Waals surface area contributed by atoms with E-state index in [9.17, 15) is 22.4 Å². The first kappa shape index (κ1) is 20.7. The molecule has 0 radical (unpaired) electrons. The van der Waals surface area contributed by atoms with Crippen LogP contribution < -0.4 is 5.32 Å². The highest BCUT2D eigenvalue weighted by Crippen LogP contribution is 2.40. The third-order valence-electron chi connectivity index (χ3n) is 4.12. The number of halogens is 4. The number of imidazole rings is 1. The van der Waals surface area contributed by atoms with E-state index in [2.05, 4.69) is 15.1 Å². The highest BCUT2D eigenvalue weighted by Gasteiger charge is 2.48. The Hall–Kier alpha value is -2.63. The predicted molar refractivity (Wildman–Crippen MR) is 94.0 cm³/mol. The van der Waals surface area contributed by atoms with Crippen LogP contribution in [0.1, 0.15) is 41.0 Å². The molecule has 1 aromatic carbocycles. The molecule has 27 heavy (non-hydrogen) atoms. The van der Waals surface area contributed by atoms with Gasteiger partial charge in [-0.3, -0.25) is 10.1 Å². The van der Waals surface area contributed by atoms with Gasteiger partial charge in [0.15, 0.2) is 5.69 Å². The van der Waals surface area contributed by atoms with Crippen LogP contribution in [0.5, 0.6) is 0 Å². The van der Waals surface area contributed by atoms with Gasteiger partial charge >= 0.3 is 6.18 Å². The molecule has 1 amide bonds. The van der Waals surface area contributed by atoms with E-state index in [0.29, 0.717) is 0 Å². The molecule has 0 unspecified atom stereocenters. The molecular weight excluding hydrogens is 364 g/mol. The standard InChI is InChI=1S/C18H20F4N4O/c1-16(2,3)26-12-8-10(23-6)7-11(19)14(12)25-15(26)24-13(27)9-17(4,5)18(20,21)22/h7-8H,9H2,1-5H3,(H,24,25,27). The minimum atomic E-state index is -4.55. The predicted octanol–water partition coefficient (Wildman–Crippen LogP) is 5.40. The molecule has 0 aliphatic carbocycles. The second-order valence-corrected chi connectivity index (χ2v) is 7.96. The highest BCUT2D eigenvalue weighted by molar-refractivity contribution is 5.92. The third-order valence-corrected chi connectivity index (χ3v) is 4.12. The molecule has 5 nitrogen and oxygen atoms in total. The average Bonchev–Trinajstić information content (AvgIpc) is 2.83. The van der Waals surface area contributed by atoms with Crippen LogP contribution in [0, 0.1) is 17.8 Å². The number of carbonyl (C=O) groups excluding carboxylic acids is 1. The van der Waals surface area contributed by atoms with E-state index in [0.717, 1.165) is 19.9 Å². The lowest BCUT2D eigenvalue weighted by Crippen LogP contribution is -2.36. The molecule has 2 rings (SSSR count). The summed E-state index contributed by atoms with van der Waals surface area (Å²) in [7, 11) is 0. The number of hydrogen-bond acceptors (Lipinski definition) is 2. The van der Waals surface area contributed by atoms with E-state index in [1.54, 1.807) is 20.8 Å². The first-order chi connectivity index (χ1) is 12.2. The molecule has 146 valence electrons. The van der Waals surface area contributed by atoms with Crippen molar-refractivity contribution in [1.82, 2.24) is 9.55 Å². The molecule has 1 aromatic heterocycles. The minimum Gasteiger partial charge on any atom is -0.306 e. The van der Waals surface area contributed by atoms with E-state index in [-0.39, 0.29) is 22.7 Å². The van der Waals surface area contributed by atoms with Crippen LogP contribution in [-0.2, 0) is 10.3 Å². The number of hydrogen-bond donors (Lipinski definition) is 1. The van der Waals surface area contributed by atoms with Gasteiger partial charge in [0.1, 0.15) is 11.3 Å². The van der Waals surface area contributed by atoms with Crippen LogP contribution in [0.15, 0.2) is 12.1 Å². The molecule has 1 heterocycles. The Morgan fingerprint density at radius 1 is 1.22 bits per heavy atom. The molecule has 2 aromatic rings. The van der Waals surface area contributed by atoms with Crippen LogP contribution in [0.25, 0.3) is 15.9 Å². The fourth-order valence-electron chi connectivity index (χ4n) is 2.62. The summed E-state index contributed by atoms with van der Waals surface area (Å²) >= 11 is 0. The molecule has 0 aliphatic heterocycles. The zero-order valence-corrected chi connectivity index (χ0v) is 15.6. The summed E-state index contributed by atoms with van der Waals surface area (Å²) in [6.07, 6.45) is -5.36. The lowest BCUT2D eigenvalue weighted by atomic mass is 9.88. The first-order valence-corrected chi connectivity index (χ1v) is 8.14. The number of fused-ring (bicyclic) bond motifs is 1. The maximum absolute atomic E-state index is 14.3. The van der Waals surface area contributed by atoms with Crippen molar-refractivity contribution < 1.29 is 22.4 Å². The Labute approximate surface area is 154 Å². The molecule has 0 aliphatic rings. The van der Waals surface area contributed by atoms with Gasteiger partial charge in [0.25, 0.3) is 0 Å². The molecule has 0 spiro atoms. The fraction of sp³-hybridized carbons (Fsp3) is 0.500. The molecule has 0 bridgehead atoms. The van der Waals surface area contributed by atoms with Crippen molar-refractivity contribution in [2.45, 2.75) is 52.8 Å². The van der Waals surface area contributed by atoms with Gasteiger partial charge in [-0.1, -0.05) is 13.8 Å². The lowest BCUT2D eigenvalue weighted by molar-refractivity contribution is -0.213. The summed E-state index contributed by atoms with van der Waals surface area (Å²) in [5.41, 5.74) is -2.63. The zero-order chi connectivity index (χ0) is 20.8. The summed E-state index contributed by atoms with van der Waals surface area (Å²) in [6, 6.07) is 2.45. The maximum Gasteiger partial charge on any atom is 0.394 e. The molecule has 1 N–H and O–H groups in total. The van der Waals surface area contributed by atoms with Crippen molar-refractivity contribution in [2.24, 2.45) is 5.41 Å². The van der Waals surface area contributed by atoms with Crippen molar-refractivity contribution in [1.29, 1.82) is 0 Å². The van der Waals surface area contributed by atoms with Gasteiger partial charge in [0, 0.05) is 12.0 Å². The normalized spacial score (nSPS) is 12.9. The van der Waals surface area contributed by atoms with E-state index < -0.39 is 35.3 Å². The van der Waals surface area contributed by atoms with Crippen molar-refractivity contribution in [2.75, 3.05) is 5.32 Å². The van der Waals surface area contributed by atoms with Crippen molar-refractivity contribution in [3.05, 3.63) is 29.4 Å². The Balaban J connectivity index is 2.51. The topological polar surface area (TPSA) is 51.3 Å². The van der Waals surface area contributed by atoms with Crippen molar-refractivity contribution in [3.63, 3.8) is 0 Å². The number of nitrogens with zero attached hydrogens (tertiary/aromatic N) is 3. The van der Waals surface area contributed by atoms with Crippen LogP contribution in [0.4, 0.5) is 29.2 Å². The number of aromatic nitrogens is 2. The Kier molecular flexibility index (Phi) is 4.99. The molecule has 0 saturated carbocycles. The van der Waals surface area contributed by atoms with E-state index in [1.165, 1.54) is 10.6 Å². The van der Waals surface area contributed by atoms with E-state index in [4.69, 9.17) is 6.57 Å². The number of nitrogens with one attached hydrogen (secondary N) is 1. The number of rotatable bonds is 3. The molecular formula is C18H20F4N4O. The largest absolute Gasteiger partial charge is 0.394 e. The van der Waals surface area contributed by atoms with Gasteiger partial charge < -0.3 is 4.57 Å². The lowest BCUT2D eigenvalue weighted by Gasteiger charge is -2.28. The maximum atomic E-state index is 14.3. The summed E-state index contributed by atoms with van der Waals surface area (Å²) in [6.45, 7) is 14.2. The smallest absolute Gasteiger partial charge is 0.306 e. The molecule has 0 atom stereocenters. The van der Waals surface area contributed by atoms with Crippen LogP contribution in [0.3, 0.4) is 0 Å². The minimum absolute atomic E-state index is 0.0569. The number of anilines is 1. The number of benzene rings is 1. The van der Waals surface area contributed by atoms with Gasteiger partial charge in [0.05, 0.1) is 17.5 Å². The van der Waals surface area contributed by atoms with Crippen molar-refractivity contribution in [3.8, 4) is 0 Å². The van der Waals surface area contributed by atoms with Gasteiger partial charge in [0.2, 0.25) is 11.9 Å². The van der Waals surface area contributed by atoms with Gasteiger partial charge in [-0.25, -0.2) is 14.2 Å². The second-order valence-electron chi connectivity index (χ2n) is 7.96. The summed E-state index contributed by atoms with van der Waals surface area (Å²) in [4.78, 5) is 19.5. The Morgan fingerprint density at radius 2 is 1.81 bits per heavy atom. The molecule has 0 saturated heterocycles. The van der Waals surface area contributed by atoms with Crippen LogP contribution in [0.2, 0.25) is 0 Å². The van der Waals surface area contributed by atoms with Gasteiger partial charge in [-0.05, 0) is 32.9 Å². The number of carbonyl (C=O) groups is 1. The van der Waals surface area contributed by atoms with Crippen LogP contribution >= 0.6 is 0 Å². The monoisotopic (exact) mass is 384 g/mol. The molecule has 9 heteroatoms. The summed E-state index contributed by atoms with van der Waals surface area (Å²) < 4.78 is 54.9. The number of amides is 1. The summed E-state index contributed by atoms with van der Waals surface area (Å²) in [5, 5.41) is 2.37. The average molecular weight is 384 g/mol. The van der Waals surface area contributed by atoms with E-state index in [1.807, 2.05) is 0 Å². The van der Waals surface area contributed by atoms with Crippen LogP contribution in [-0.4, -0.2) is 21.6 Å². The first-order valence-electron chi connectivity index (χ1n) is 8.14. The van der Waals surface area contributed by atoms with Gasteiger partial charge in [-0.2, -0.15) is 13.2 Å². The highest BCUT2D eigenvalue weighted by atomic mass is 19.4. The Bertz CT molecular complexity index is 930. The summed E-state index contributed by atoms with van der Waals surface area (Å²) in [5.74, 6) is -1.70.